The molecule has 0 aromatic carbocycles. The number of carbonyl (C=O) groups excluding carboxylic acids is 3. The van der Waals surface area contributed by atoms with Crippen LogP contribution in [-0.2, 0) is 32.9 Å². The van der Waals surface area contributed by atoms with Crippen LogP contribution in [0.3, 0.4) is 0 Å². The van der Waals surface area contributed by atoms with Gasteiger partial charge in [0.1, 0.15) is 6.61 Å². The van der Waals surface area contributed by atoms with Crippen LogP contribution in [0.25, 0.3) is 0 Å². The smallest absolute Gasteiger partial charge is 0.462 e. The number of unbranched alkanes of at least 4 members (excludes halogenated alkanes) is 20. The fourth-order valence-electron chi connectivity index (χ4n) is 6.08. The Labute approximate surface area is 347 Å². The van der Waals surface area contributed by atoms with Crippen molar-refractivity contribution in [3.63, 3.8) is 0 Å². The Morgan fingerprint density at radius 3 is 1.56 bits per heavy atom. The molecule has 0 saturated heterocycles. The minimum atomic E-state index is -4.78. The topological polar surface area (TPSA) is 136 Å². The Hall–Kier alpha value is -2.58. The van der Waals surface area contributed by atoms with E-state index in [1.807, 2.05) is 24.3 Å². The van der Waals surface area contributed by atoms with Crippen LogP contribution in [0.2, 0.25) is 0 Å². The lowest BCUT2D eigenvalue weighted by atomic mass is 10.0. The van der Waals surface area contributed by atoms with Gasteiger partial charge >= 0.3 is 19.8 Å². The zero-order chi connectivity index (χ0) is 41.9. The molecule has 0 heterocycles. The van der Waals surface area contributed by atoms with E-state index in [1.165, 1.54) is 96.3 Å². The molecule has 0 aliphatic carbocycles. The second-order valence-electron chi connectivity index (χ2n) is 15.1. The number of carbonyl (C=O) groups is 3. The van der Waals surface area contributed by atoms with Gasteiger partial charge in [0.2, 0.25) is 0 Å². The molecule has 0 aliphatic heterocycles. The van der Waals surface area contributed by atoms with Gasteiger partial charge in [0, 0.05) is 19.3 Å². The molecule has 0 bridgehead atoms. The second kappa shape index (κ2) is 41.6. The van der Waals surface area contributed by atoms with Gasteiger partial charge in [0.15, 0.2) is 11.9 Å². The zero-order valence-electron chi connectivity index (χ0n) is 36.0. The van der Waals surface area contributed by atoms with Gasteiger partial charge in [0.05, 0.1) is 6.61 Å². The van der Waals surface area contributed by atoms with E-state index >= 15 is 0 Å². The summed E-state index contributed by atoms with van der Waals surface area (Å²) in [6.07, 6.45) is 49.3. The highest BCUT2D eigenvalue weighted by molar-refractivity contribution is 7.46. The molecule has 0 fully saturated rings. The van der Waals surface area contributed by atoms with Gasteiger partial charge in [0.25, 0.3) is 0 Å². The van der Waals surface area contributed by atoms with Gasteiger partial charge in [-0.05, 0) is 70.3 Å². The molecule has 328 valence electrons. The summed E-state index contributed by atoms with van der Waals surface area (Å²) in [5.41, 5.74) is 0. The fraction of sp³-hybridized carbons (Fsp3) is 0.723. The largest absolute Gasteiger partial charge is 0.469 e. The number of esters is 2. The molecule has 0 radical (unpaired) electrons. The van der Waals surface area contributed by atoms with Crippen molar-refractivity contribution >= 4 is 25.5 Å². The first-order valence-electron chi connectivity index (χ1n) is 22.5. The Morgan fingerprint density at radius 2 is 0.965 bits per heavy atom. The number of allylic oxidation sites excluding steroid dienone is 10. The van der Waals surface area contributed by atoms with E-state index in [-0.39, 0.29) is 25.2 Å². The van der Waals surface area contributed by atoms with Gasteiger partial charge in [-0.3, -0.25) is 18.9 Å². The van der Waals surface area contributed by atoms with Crippen molar-refractivity contribution in [2.24, 2.45) is 0 Å². The summed E-state index contributed by atoms with van der Waals surface area (Å²) in [6, 6.07) is 0. The van der Waals surface area contributed by atoms with Crippen LogP contribution in [0.5, 0.6) is 0 Å². The lowest BCUT2D eigenvalue weighted by Gasteiger charge is -2.18. The lowest BCUT2D eigenvalue weighted by Crippen LogP contribution is -2.29. The van der Waals surface area contributed by atoms with Gasteiger partial charge in [-0.25, -0.2) is 4.57 Å². The van der Waals surface area contributed by atoms with E-state index in [0.717, 1.165) is 51.4 Å². The third-order valence-electron chi connectivity index (χ3n) is 9.49. The average Bonchev–Trinajstić information content (AvgIpc) is 3.18. The van der Waals surface area contributed by atoms with Crippen LogP contribution in [0.15, 0.2) is 60.8 Å². The standard InChI is InChI=1S/C47H81O9P/c1-3-5-7-8-9-10-11-12-13-14-15-16-17-18-19-20-23-27-30-33-37-41-47(50)56-45(43-55-57(51,52)53)42-54-46(49)40-36-32-29-26-24-21-22-25-28-31-35-39-44(48)38-34-6-4-2/h12-13,21-22,26,28-29,31,35,39,45H,3-11,14-20,23-25,27,30,32-34,36-38,40-43H2,1-2H3,(H2,51,52,53)/b13-12-,22-21-,29-26-,31-28-,39-35+/t45-/m1/s1. The molecule has 1 atom stereocenters. The molecule has 0 rings (SSSR count). The van der Waals surface area contributed by atoms with Gasteiger partial charge in [-0.1, -0.05) is 171 Å². The predicted molar refractivity (Wildman–Crippen MR) is 235 cm³/mol. The van der Waals surface area contributed by atoms with Crippen LogP contribution < -0.4 is 0 Å². The molecule has 0 unspecified atom stereocenters. The van der Waals surface area contributed by atoms with Gasteiger partial charge in [-0.2, -0.15) is 0 Å². The zero-order valence-corrected chi connectivity index (χ0v) is 36.9. The summed E-state index contributed by atoms with van der Waals surface area (Å²) in [5, 5.41) is 0. The summed E-state index contributed by atoms with van der Waals surface area (Å²) in [7, 11) is -4.78. The summed E-state index contributed by atoms with van der Waals surface area (Å²) in [6.45, 7) is 3.48. The molecule has 9 nitrogen and oxygen atoms in total. The maximum absolute atomic E-state index is 12.4. The van der Waals surface area contributed by atoms with E-state index in [2.05, 4.69) is 42.7 Å². The SMILES string of the molecule is CCCCCCCC/C=C\CCCCCCCCCCCCCC(=O)O[C@H](COC(=O)CCC/C=C\C/C=C\C/C=C\C=C\C(=O)CCCCC)COP(=O)(O)O. The van der Waals surface area contributed by atoms with Gasteiger partial charge < -0.3 is 19.3 Å². The number of ether oxygens (including phenoxy) is 2. The molecular formula is C47H81O9P. The van der Waals surface area contributed by atoms with E-state index in [1.54, 1.807) is 12.2 Å². The Kier molecular flexibility index (Phi) is 39.7. The number of hydrogen-bond acceptors (Lipinski definition) is 7. The normalized spacial score (nSPS) is 12.9. The van der Waals surface area contributed by atoms with E-state index in [0.29, 0.717) is 25.7 Å². The van der Waals surface area contributed by atoms with Crippen LogP contribution in [0, 0.1) is 0 Å². The third-order valence-corrected chi connectivity index (χ3v) is 9.97. The Balaban J connectivity index is 3.99. The molecule has 0 aromatic rings. The van der Waals surface area contributed by atoms with Crippen molar-refractivity contribution in [3.05, 3.63) is 60.8 Å². The van der Waals surface area contributed by atoms with Crippen LogP contribution in [0.1, 0.15) is 200 Å². The summed E-state index contributed by atoms with van der Waals surface area (Å²) >= 11 is 0. The van der Waals surface area contributed by atoms with Crippen molar-refractivity contribution in [3.8, 4) is 0 Å². The van der Waals surface area contributed by atoms with E-state index < -0.39 is 32.5 Å². The molecule has 10 heteroatoms. The highest BCUT2D eigenvalue weighted by Crippen LogP contribution is 2.36. The maximum atomic E-state index is 12.4. The van der Waals surface area contributed by atoms with Crippen molar-refractivity contribution in [2.75, 3.05) is 13.2 Å². The Morgan fingerprint density at radius 1 is 0.509 bits per heavy atom. The molecule has 0 amide bonds. The first-order chi connectivity index (χ1) is 27.7. The molecule has 0 spiro atoms. The van der Waals surface area contributed by atoms with Crippen molar-refractivity contribution in [1.29, 1.82) is 0 Å². The van der Waals surface area contributed by atoms with Gasteiger partial charge in [-0.15, -0.1) is 0 Å². The third kappa shape index (κ3) is 44.4. The highest BCUT2D eigenvalue weighted by atomic mass is 31.2. The molecular weight excluding hydrogens is 739 g/mol. The number of ketones is 1. The minimum Gasteiger partial charge on any atom is -0.462 e. The average molecular weight is 821 g/mol. The van der Waals surface area contributed by atoms with Crippen LogP contribution in [0.4, 0.5) is 0 Å². The molecule has 0 saturated carbocycles. The number of hydrogen-bond donors (Lipinski definition) is 2. The summed E-state index contributed by atoms with van der Waals surface area (Å²) in [5.74, 6) is -0.818. The minimum absolute atomic E-state index is 0.164. The van der Waals surface area contributed by atoms with Crippen molar-refractivity contribution < 1.29 is 42.7 Å². The predicted octanol–water partition coefficient (Wildman–Crippen LogP) is 13.3. The first kappa shape index (κ1) is 54.4. The monoisotopic (exact) mass is 821 g/mol. The molecule has 0 aliphatic rings. The molecule has 57 heavy (non-hydrogen) atoms. The second-order valence-corrected chi connectivity index (χ2v) is 16.3. The van der Waals surface area contributed by atoms with Crippen LogP contribution in [-0.4, -0.2) is 46.8 Å². The molecule has 2 N–H and O–H groups in total. The molecule has 0 aromatic heterocycles. The van der Waals surface area contributed by atoms with E-state index in [9.17, 15) is 18.9 Å². The van der Waals surface area contributed by atoms with Crippen molar-refractivity contribution in [1.82, 2.24) is 0 Å². The van der Waals surface area contributed by atoms with Crippen molar-refractivity contribution in [2.45, 2.75) is 206 Å². The summed E-state index contributed by atoms with van der Waals surface area (Å²) < 4.78 is 26.4. The first-order valence-corrected chi connectivity index (χ1v) is 24.1. The maximum Gasteiger partial charge on any atom is 0.469 e. The number of phosphoric acid groups is 1. The quantitative estimate of drug-likeness (QED) is 0.0154. The van der Waals surface area contributed by atoms with Crippen LogP contribution >= 0.6 is 7.82 Å². The summed E-state index contributed by atoms with van der Waals surface area (Å²) in [4.78, 5) is 54.6. The number of rotatable bonds is 41. The van der Waals surface area contributed by atoms with E-state index in [4.69, 9.17) is 19.3 Å². The highest BCUT2D eigenvalue weighted by Gasteiger charge is 2.22. The Bertz CT molecular complexity index is 1170. The number of phosphoric ester groups is 1. The fourth-order valence-corrected chi connectivity index (χ4v) is 6.44. The lowest BCUT2D eigenvalue weighted by molar-refractivity contribution is -0.161.